The fourth-order valence-electron chi connectivity index (χ4n) is 3.29. The number of aryl methyl sites for hydroxylation is 1. The van der Waals surface area contributed by atoms with Crippen LogP contribution in [0.25, 0.3) is 10.9 Å². The van der Waals surface area contributed by atoms with E-state index < -0.39 is 23.5 Å². The Bertz CT molecular complexity index is 1250. The van der Waals surface area contributed by atoms with Gasteiger partial charge in [-0.05, 0) is 26.0 Å². The lowest BCUT2D eigenvalue weighted by atomic mass is 10.1. The molecule has 31 heavy (non-hydrogen) atoms. The number of nitrogens with zero attached hydrogens (tertiary/aromatic N) is 4. The molecule has 1 aliphatic rings. The number of nitrogens with one attached hydrogen (secondary N) is 2. The topological polar surface area (TPSA) is 122 Å². The van der Waals surface area contributed by atoms with Gasteiger partial charge in [0.25, 0.3) is 5.56 Å². The van der Waals surface area contributed by atoms with Crippen LogP contribution in [0, 0.1) is 12.7 Å². The summed E-state index contributed by atoms with van der Waals surface area (Å²) in [6.07, 6.45) is -0.537. The molecular formula is C19H18ClFN6O4. The zero-order valence-corrected chi connectivity index (χ0v) is 17.6. The quantitative estimate of drug-likeness (QED) is 0.610. The number of fused-ring (bicyclic) bond motifs is 1. The lowest BCUT2D eigenvalue weighted by Gasteiger charge is -2.17. The molecule has 0 bridgehead atoms. The third kappa shape index (κ3) is 3.83. The highest BCUT2D eigenvalue weighted by atomic mass is 35.5. The van der Waals surface area contributed by atoms with Gasteiger partial charge in [-0.15, -0.1) is 0 Å². The van der Waals surface area contributed by atoms with Crippen LogP contribution in [0.3, 0.4) is 0 Å². The van der Waals surface area contributed by atoms with Crippen molar-refractivity contribution < 1.29 is 18.7 Å². The summed E-state index contributed by atoms with van der Waals surface area (Å²) in [5, 5.41) is 3.51. The van der Waals surface area contributed by atoms with E-state index >= 15 is 0 Å². The second-order valence-electron chi connectivity index (χ2n) is 6.86. The van der Waals surface area contributed by atoms with E-state index in [4.69, 9.17) is 21.1 Å². The summed E-state index contributed by atoms with van der Waals surface area (Å²) >= 11 is 6.08. The fraction of sp³-hybridized carbons (Fsp3) is 0.316. The number of carbonyl (C=O) groups excluding carboxylic acids is 1. The van der Waals surface area contributed by atoms with E-state index in [1.165, 1.54) is 24.1 Å². The molecule has 4 rings (SSSR count). The molecule has 1 aliphatic heterocycles. The van der Waals surface area contributed by atoms with E-state index in [0.717, 1.165) is 0 Å². The van der Waals surface area contributed by atoms with Crippen molar-refractivity contribution in [2.45, 2.75) is 19.9 Å². The lowest BCUT2D eigenvalue weighted by molar-refractivity contribution is 0.181. The summed E-state index contributed by atoms with van der Waals surface area (Å²) in [5.74, 6) is -0.180. The summed E-state index contributed by atoms with van der Waals surface area (Å²) in [5.41, 5.74) is -0.189. The van der Waals surface area contributed by atoms with Gasteiger partial charge < -0.3 is 19.8 Å². The van der Waals surface area contributed by atoms with E-state index in [0.29, 0.717) is 23.3 Å². The number of hydrogen-bond donors (Lipinski definition) is 2. The summed E-state index contributed by atoms with van der Waals surface area (Å²) in [4.78, 5) is 40.9. The summed E-state index contributed by atoms with van der Waals surface area (Å²) in [6.45, 7) is 3.96. The maximum absolute atomic E-state index is 14.6. The molecule has 1 aromatic carbocycles. The molecule has 0 saturated carbocycles. The van der Waals surface area contributed by atoms with Gasteiger partial charge in [-0.2, -0.15) is 15.0 Å². The smallest absolute Gasteiger partial charge is 0.416 e. The van der Waals surface area contributed by atoms with Crippen LogP contribution in [0.4, 0.5) is 21.1 Å². The number of rotatable bonds is 5. The number of ether oxygens (including phenoxy) is 2. The van der Waals surface area contributed by atoms with Crippen molar-refractivity contribution in [3.05, 3.63) is 44.7 Å². The van der Waals surface area contributed by atoms with Crippen molar-refractivity contribution in [1.29, 1.82) is 0 Å². The molecule has 3 aromatic rings. The van der Waals surface area contributed by atoms with Gasteiger partial charge in [0.15, 0.2) is 11.6 Å². The summed E-state index contributed by atoms with van der Waals surface area (Å²) in [7, 11) is 1.29. The van der Waals surface area contributed by atoms with Gasteiger partial charge in [-0.25, -0.2) is 14.1 Å². The number of aromatic nitrogens is 4. The number of pyridine rings is 1. The van der Waals surface area contributed by atoms with Crippen LogP contribution in [-0.2, 0) is 4.74 Å². The Morgan fingerprint density at radius 3 is 2.77 bits per heavy atom. The van der Waals surface area contributed by atoms with Gasteiger partial charge in [-0.3, -0.25) is 4.79 Å². The van der Waals surface area contributed by atoms with Gasteiger partial charge in [0.1, 0.15) is 12.4 Å². The van der Waals surface area contributed by atoms with Crippen LogP contribution in [0.15, 0.2) is 16.9 Å². The molecule has 0 spiro atoms. The Kier molecular flexibility index (Phi) is 5.36. The number of methoxy groups -OCH3 is 1. The van der Waals surface area contributed by atoms with Crippen LogP contribution in [0.1, 0.15) is 24.4 Å². The minimum absolute atomic E-state index is 0.00645. The van der Waals surface area contributed by atoms with Crippen LogP contribution in [0.2, 0.25) is 5.02 Å². The Hall–Kier alpha value is -3.47. The van der Waals surface area contributed by atoms with Gasteiger partial charge in [0.2, 0.25) is 11.9 Å². The molecule has 0 aliphatic carbocycles. The van der Waals surface area contributed by atoms with Crippen molar-refractivity contribution in [2.75, 3.05) is 30.5 Å². The number of halogens is 2. The van der Waals surface area contributed by atoms with Gasteiger partial charge >= 0.3 is 6.09 Å². The number of aromatic amines is 1. The van der Waals surface area contributed by atoms with Gasteiger partial charge in [0, 0.05) is 10.9 Å². The zero-order valence-electron chi connectivity index (χ0n) is 16.8. The van der Waals surface area contributed by atoms with Crippen molar-refractivity contribution >= 4 is 40.5 Å². The Balaban J connectivity index is 1.68. The van der Waals surface area contributed by atoms with Crippen LogP contribution >= 0.6 is 11.6 Å². The molecule has 10 nitrogen and oxygen atoms in total. The molecule has 0 unspecified atom stereocenters. The third-order valence-corrected chi connectivity index (χ3v) is 5.05. The molecule has 1 saturated heterocycles. The molecule has 3 heterocycles. The lowest BCUT2D eigenvalue weighted by Crippen LogP contribution is -2.27. The van der Waals surface area contributed by atoms with E-state index in [9.17, 15) is 14.0 Å². The second-order valence-corrected chi connectivity index (χ2v) is 7.27. The third-order valence-electron chi connectivity index (χ3n) is 4.77. The molecule has 1 amide bonds. The highest BCUT2D eigenvalue weighted by molar-refractivity contribution is 6.32. The minimum atomic E-state index is -0.746. The molecule has 0 radical (unpaired) electrons. The Morgan fingerprint density at radius 2 is 2.10 bits per heavy atom. The average molecular weight is 449 g/mol. The summed E-state index contributed by atoms with van der Waals surface area (Å²) < 4.78 is 24.5. The normalized spacial score (nSPS) is 14.6. The SMILES string of the molecule is COc1c(Cl)cc2cc([C@H](C)Nc3nc(C)nc(N4CCOC4=O)n3)c(=O)[nH]c2c1F. The number of benzene rings is 1. The predicted octanol–water partition coefficient (Wildman–Crippen LogP) is 2.95. The first-order chi connectivity index (χ1) is 14.8. The first-order valence-electron chi connectivity index (χ1n) is 9.31. The van der Waals surface area contributed by atoms with Crippen LogP contribution in [0.5, 0.6) is 5.75 Å². The largest absolute Gasteiger partial charge is 0.492 e. The molecule has 2 N–H and O–H groups in total. The van der Waals surface area contributed by atoms with Crippen molar-refractivity contribution in [3.8, 4) is 5.75 Å². The number of H-pyrrole nitrogens is 1. The van der Waals surface area contributed by atoms with Crippen LogP contribution < -0.4 is 20.5 Å². The van der Waals surface area contributed by atoms with Gasteiger partial charge in [-0.1, -0.05) is 11.6 Å². The number of hydrogen-bond acceptors (Lipinski definition) is 8. The molecule has 12 heteroatoms. The number of anilines is 2. The fourth-order valence-corrected chi connectivity index (χ4v) is 3.56. The Labute approximate surface area is 180 Å². The highest BCUT2D eigenvalue weighted by Crippen LogP contribution is 2.33. The average Bonchev–Trinajstić information content (AvgIpc) is 3.14. The molecular weight excluding hydrogens is 431 g/mol. The van der Waals surface area contributed by atoms with Crippen molar-refractivity contribution in [1.82, 2.24) is 19.9 Å². The Morgan fingerprint density at radius 1 is 1.32 bits per heavy atom. The van der Waals surface area contributed by atoms with Gasteiger partial charge in [0.05, 0.1) is 30.2 Å². The standard InChI is InChI=1S/C19H18ClFN6O4/c1-8(22-17-23-9(2)24-18(26-17)27-4-5-31-19(27)29)11-6-10-7-12(20)15(30-3)13(21)14(10)25-16(11)28/h6-8H,4-5H2,1-3H3,(H,25,28)(H,22,23,24,26)/t8-/m0/s1. The maximum atomic E-state index is 14.6. The van der Waals surface area contributed by atoms with Crippen molar-refractivity contribution in [2.24, 2.45) is 0 Å². The van der Waals surface area contributed by atoms with Crippen LogP contribution in [-0.4, -0.2) is 46.3 Å². The first-order valence-corrected chi connectivity index (χ1v) is 9.68. The highest BCUT2D eigenvalue weighted by Gasteiger charge is 2.27. The molecule has 1 atom stereocenters. The van der Waals surface area contributed by atoms with E-state index in [1.54, 1.807) is 13.8 Å². The monoisotopic (exact) mass is 448 g/mol. The zero-order chi connectivity index (χ0) is 22.3. The molecule has 1 fully saturated rings. The second kappa shape index (κ2) is 7.99. The predicted molar refractivity (Wildman–Crippen MR) is 111 cm³/mol. The summed E-state index contributed by atoms with van der Waals surface area (Å²) in [6, 6.07) is 2.49. The first kappa shape index (κ1) is 20.8. The van der Waals surface area contributed by atoms with E-state index in [1.807, 2.05) is 0 Å². The number of cyclic esters (lactones) is 1. The maximum Gasteiger partial charge on any atom is 0.416 e. The molecule has 2 aromatic heterocycles. The van der Waals surface area contributed by atoms with E-state index in [-0.39, 0.29) is 34.8 Å². The number of amides is 1. The van der Waals surface area contributed by atoms with E-state index in [2.05, 4.69) is 25.3 Å². The minimum Gasteiger partial charge on any atom is -0.492 e. The van der Waals surface area contributed by atoms with Crippen molar-refractivity contribution in [3.63, 3.8) is 0 Å². The molecule has 162 valence electrons. The number of carbonyl (C=O) groups is 1.